The maximum Gasteiger partial charge on any atom is 0.317 e. The van der Waals surface area contributed by atoms with Crippen LogP contribution in [0.2, 0.25) is 0 Å². The Labute approximate surface area is 97.0 Å². The lowest BCUT2D eigenvalue weighted by Gasteiger charge is -2.46. The van der Waals surface area contributed by atoms with Crippen molar-refractivity contribution in [3.8, 4) is 0 Å². The molecule has 2 aliphatic rings. The third kappa shape index (κ3) is 2.32. The zero-order chi connectivity index (χ0) is 12.0. The van der Waals surface area contributed by atoms with E-state index < -0.39 is 5.60 Å². The Balaban J connectivity index is 2.13. The van der Waals surface area contributed by atoms with E-state index in [2.05, 4.69) is 19.2 Å². The molecule has 0 aromatic heterocycles. The van der Waals surface area contributed by atoms with E-state index in [4.69, 9.17) is 0 Å². The summed E-state index contributed by atoms with van der Waals surface area (Å²) in [4.78, 5) is 13.5. The molecule has 0 aromatic rings. The van der Waals surface area contributed by atoms with Crippen molar-refractivity contribution in [1.29, 1.82) is 0 Å². The van der Waals surface area contributed by atoms with Crippen molar-refractivity contribution >= 4 is 6.03 Å². The fourth-order valence-electron chi connectivity index (χ4n) is 3.45. The lowest BCUT2D eigenvalue weighted by atomic mass is 9.68. The number of carbonyl (C=O) groups excluding carboxylic acids is 1. The quantitative estimate of drug-likeness (QED) is 0.709. The average molecular weight is 226 g/mol. The van der Waals surface area contributed by atoms with Crippen LogP contribution in [0.3, 0.4) is 0 Å². The number of amides is 2. The van der Waals surface area contributed by atoms with E-state index in [1.807, 2.05) is 11.8 Å². The Morgan fingerprint density at radius 1 is 1.38 bits per heavy atom. The van der Waals surface area contributed by atoms with Crippen LogP contribution in [0.4, 0.5) is 4.79 Å². The first-order valence-electron chi connectivity index (χ1n) is 6.06. The van der Waals surface area contributed by atoms with Gasteiger partial charge in [-0.3, -0.25) is 0 Å². The summed E-state index contributed by atoms with van der Waals surface area (Å²) in [6, 6.07) is 0.208. The third-order valence-electron chi connectivity index (χ3n) is 3.65. The van der Waals surface area contributed by atoms with Crippen molar-refractivity contribution in [1.82, 2.24) is 10.2 Å². The van der Waals surface area contributed by atoms with E-state index in [0.29, 0.717) is 6.42 Å². The van der Waals surface area contributed by atoms with Gasteiger partial charge in [0, 0.05) is 19.1 Å². The fourth-order valence-corrected chi connectivity index (χ4v) is 3.45. The van der Waals surface area contributed by atoms with Gasteiger partial charge in [-0.1, -0.05) is 13.8 Å². The van der Waals surface area contributed by atoms with Crippen LogP contribution in [-0.4, -0.2) is 40.8 Å². The molecule has 4 nitrogen and oxygen atoms in total. The molecule has 0 bridgehead atoms. The number of aliphatic hydroxyl groups is 1. The topological polar surface area (TPSA) is 52.6 Å². The minimum Gasteiger partial charge on any atom is -0.390 e. The second kappa shape index (κ2) is 3.62. The van der Waals surface area contributed by atoms with E-state index in [9.17, 15) is 9.90 Å². The molecule has 1 aliphatic carbocycles. The second-order valence-electron chi connectivity index (χ2n) is 6.33. The molecule has 1 saturated carbocycles. The Hall–Kier alpha value is -0.770. The highest BCUT2D eigenvalue weighted by molar-refractivity contribution is 5.76. The molecule has 2 fully saturated rings. The van der Waals surface area contributed by atoms with Crippen LogP contribution in [0, 0.1) is 5.41 Å². The first-order chi connectivity index (χ1) is 7.29. The number of hydrogen-bond acceptors (Lipinski definition) is 2. The van der Waals surface area contributed by atoms with Gasteiger partial charge in [0.25, 0.3) is 0 Å². The van der Waals surface area contributed by atoms with Crippen molar-refractivity contribution in [2.24, 2.45) is 5.41 Å². The van der Waals surface area contributed by atoms with E-state index in [0.717, 1.165) is 25.9 Å². The molecule has 0 radical (unpaired) electrons. The lowest BCUT2D eigenvalue weighted by molar-refractivity contribution is -0.0515. The van der Waals surface area contributed by atoms with Crippen LogP contribution in [-0.2, 0) is 0 Å². The minimum atomic E-state index is -0.644. The van der Waals surface area contributed by atoms with Crippen molar-refractivity contribution in [2.45, 2.75) is 51.7 Å². The molecular weight excluding hydrogens is 204 g/mol. The number of nitrogens with one attached hydrogen (secondary N) is 1. The van der Waals surface area contributed by atoms with Gasteiger partial charge in [-0.25, -0.2) is 4.79 Å². The highest BCUT2D eigenvalue weighted by Gasteiger charge is 2.43. The first kappa shape index (κ1) is 11.7. The van der Waals surface area contributed by atoms with Crippen LogP contribution in [0.25, 0.3) is 0 Å². The molecular formula is C12H22N2O2. The van der Waals surface area contributed by atoms with Gasteiger partial charge in [0.15, 0.2) is 0 Å². The smallest absolute Gasteiger partial charge is 0.317 e. The molecule has 0 aromatic carbocycles. The molecule has 1 heterocycles. The highest BCUT2D eigenvalue weighted by atomic mass is 16.3. The summed E-state index contributed by atoms with van der Waals surface area (Å²) in [5.41, 5.74) is -0.537. The van der Waals surface area contributed by atoms with E-state index in [1.54, 1.807) is 0 Å². The zero-order valence-corrected chi connectivity index (χ0v) is 10.4. The lowest BCUT2D eigenvalue weighted by Crippen LogP contribution is -2.50. The summed E-state index contributed by atoms with van der Waals surface area (Å²) < 4.78 is 0. The molecule has 4 heteroatoms. The number of urea groups is 1. The van der Waals surface area contributed by atoms with Gasteiger partial charge in [0.1, 0.15) is 0 Å². The number of rotatable bonds is 1. The molecule has 1 saturated heterocycles. The molecule has 1 aliphatic heterocycles. The third-order valence-corrected chi connectivity index (χ3v) is 3.65. The molecule has 92 valence electrons. The van der Waals surface area contributed by atoms with Gasteiger partial charge in [0.05, 0.1) is 5.60 Å². The van der Waals surface area contributed by atoms with Crippen molar-refractivity contribution in [3.05, 3.63) is 0 Å². The highest BCUT2D eigenvalue weighted by Crippen LogP contribution is 2.42. The Morgan fingerprint density at radius 2 is 2.06 bits per heavy atom. The molecule has 2 N–H and O–H groups in total. The minimum absolute atomic E-state index is 0.0264. The summed E-state index contributed by atoms with van der Waals surface area (Å²) in [5, 5.41) is 13.1. The van der Waals surface area contributed by atoms with Gasteiger partial charge in [-0.2, -0.15) is 0 Å². The normalized spacial score (nSPS) is 38.6. The maximum absolute atomic E-state index is 11.6. The number of nitrogens with zero attached hydrogens (tertiary/aromatic N) is 1. The van der Waals surface area contributed by atoms with Crippen molar-refractivity contribution in [3.63, 3.8) is 0 Å². The molecule has 2 atom stereocenters. The summed E-state index contributed by atoms with van der Waals surface area (Å²) in [6.45, 7) is 7.73. The summed E-state index contributed by atoms with van der Waals surface area (Å²) in [7, 11) is 0. The van der Waals surface area contributed by atoms with E-state index >= 15 is 0 Å². The van der Waals surface area contributed by atoms with E-state index in [-0.39, 0.29) is 17.5 Å². The predicted molar refractivity (Wildman–Crippen MR) is 62.1 cm³/mol. The van der Waals surface area contributed by atoms with Crippen LogP contribution in [0.5, 0.6) is 0 Å². The summed E-state index contributed by atoms with van der Waals surface area (Å²) >= 11 is 0. The van der Waals surface area contributed by atoms with Gasteiger partial charge in [-0.05, 0) is 31.6 Å². The van der Waals surface area contributed by atoms with Crippen LogP contribution >= 0.6 is 0 Å². The van der Waals surface area contributed by atoms with E-state index in [1.165, 1.54) is 0 Å². The summed E-state index contributed by atoms with van der Waals surface area (Å²) in [6.07, 6.45) is 2.49. The van der Waals surface area contributed by atoms with Crippen LogP contribution in [0.15, 0.2) is 0 Å². The molecule has 2 amide bonds. The molecule has 2 unspecified atom stereocenters. The van der Waals surface area contributed by atoms with Crippen LogP contribution < -0.4 is 5.32 Å². The van der Waals surface area contributed by atoms with Crippen LogP contribution in [0.1, 0.15) is 40.0 Å². The second-order valence-corrected chi connectivity index (χ2v) is 6.33. The summed E-state index contributed by atoms with van der Waals surface area (Å²) in [5.74, 6) is 0. The Morgan fingerprint density at radius 3 is 2.56 bits per heavy atom. The monoisotopic (exact) mass is 226 g/mol. The Kier molecular flexibility index (Phi) is 2.65. The number of carbonyl (C=O) groups is 1. The molecule has 0 spiro atoms. The molecule has 16 heavy (non-hydrogen) atoms. The average Bonchev–Trinajstić information content (AvgIpc) is 2.45. The van der Waals surface area contributed by atoms with Crippen molar-refractivity contribution in [2.75, 3.05) is 13.1 Å². The zero-order valence-electron chi connectivity index (χ0n) is 10.4. The predicted octanol–water partition coefficient (Wildman–Crippen LogP) is 1.34. The van der Waals surface area contributed by atoms with Gasteiger partial charge >= 0.3 is 6.03 Å². The first-order valence-corrected chi connectivity index (χ1v) is 6.06. The molecule has 2 rings (SSSR count). The Bertz CT molecular complexity index is 283. The number of hydrogen-bond donors (Lipinski definition) is 2. The van der Waals surface area contributed by atoms with Gasteiger partial charge in [0.2, 0.25) is 0 Å². The van der Waals surface area contributed by atoms with Crippen molar-refractivity contribution < 1.29 is 9.90 Å². The SMILES string of the molecule is CC1(C)CC(N2CCNC2=O)CC(C)(O)C1. The largest absolute Gasteiger partial charge is 0.390 e. The van der Waals surface area contributed by atoms with Gasteiger partial charge < -0.3 is 15.3 Å². The van der Waals surface area contributed by atoms with Gasteiger partial charge in [-0.15, -0.1) is 0 Å². The standard InChI is InChI=1S/C12H22N2O2/c1-11(2)6-9(7-12(3,16)8-11)14-5-4-13-10(14)15/h9,16H,4-8H2,1-3H3,(H,13,15). The maximum atomic E-state index is 11.6. The fraction of sp³-hybridized carbons (Fsp3) is 0.917.